The van der Waals surface area contributed by atoms with Gasteiger partial charge in [0, 0.05) is 9.72 Å². The van der Waals surface area contributed by atoms with E-state index in [1.165, 1.54) is 21.2 Å². The van der Waals surface area contributed by atoms with E-state index in [0.29, 0.717) is 0 Å². The fourth-order valence-electron chi connectivity index (χ4n) is 2.26. The van der Waals surface area contributed by atoms with Crippen LogP contribution < -0.4 is 0 Å². The van der Waals surface area contributed by atoms with Gasteiger partial charge in [0.15, 0.2) is 0 Å². The minimum Gasteiger partial charge on any atom is -0.143 e. The molecule has 0 radical (unpaired) electrons. The second kappa shape index (κ2) is 5.28. The Morgan fingerprint density at radius 1 is 1.05 bits per heavy atom. The molecule has 0 N–H and O–H groups in total. The lowest BCUT2D eigenvalue weighted by atomic mass is 10.00. The third kappa shape index (κ3) is 2.33. The first-order chi connectivity index (χ1) is 9.18. The number of halogens is 2. The third-order valence-corrected chi connectivity index (χ3v) is 5.74. The van der Waals surface area contributed by atoms with E-state index in [-0.39, 0.29) is 4.83 Å². The van der Waals surface area contributed by atoms with Gasteiger partial charge in [0.25, 0.3) is 0 Å². The van der Waals surface area contributed by atoms with E-state index >= 15 is 0 Å². The van der Waals surface area contributed by atoms with Gasteiger partial charge in [-0.1, -0.05) is 57.9 Å². The number of hydrogen-bond acceptors (Lipinski definition) is 1. The summed E-state index contributed by atoms with van der Waals surface area (Å²) in [5.41, 5.74) is 3.68. The number of alkyl halides is 1. The maximum absolute atomic E-state index is 6.22. The van der Waals surface area contributed by atoms with Crippen molar-refractivity contribution in [3.8, 4) is 0 Å². The van der Waals surface area contributed by atoms with Crippen LogP contribution >= 0.6 is 38.9 Å². The Labute approximate surface area is 130 Å². The Balaban J connectivity index is 2.13. The summed E-state index contributed by atoms with van der Waals surface area (Å²) in [6.45, 7) is 2.07. The first-order valence-corrected chi connectivity index (χ1v) is 8.21. The van der Waals surface area contributed by atoms with Crippen molar-refractivity contribution in [2.45, 2.75) is 11.8 Å². The quantitative estimate of drug-likeness (QED) is 0.472. The summed E-state index contributed by atoms with van der Waals surface area (Å²) in [6.07, 6.45) is 0. The normalized spacial score (nSPS) is 12.8. The molecule has 0 aliphatic heterocycles. The Kier molecular flexibility index (Phi) is 3.66. The molecule has 0 amide bonds. The second-order valence-electron chi connectivity index (χ2n) is 4.50. The smallest absolute Gasteiger partial charge is 0.0661 e. The summed E-state index contributed by atoms with van der Waals surface area (Å²) in [5.74, 6) is 0. The summed E-state index contributed by atoms with van der Waals surface area (Å²) < 4.78 is 1.32. The molecule has 1 unspecified atom stereocenters. The summed E-state index contributed by atoms with van der Waals surface area (Å²) in [5, 5.41) is 4.36. The van der Waals surface area contributed by atoms with Crippen molar-refractivity contribution in [2.24, 2.45) is 0 Å². The Bertz CT molecular complexity index is 732. The average Bonchev–Trinajstić information content (AvgIpc) is 2.85. The van der Waals surface area contributed by atoms with Gasteiger partial charge in [0.05, 0.1) is 4.83 Å². The van der Waals surface area contributed by atoms with Gasteiger partial charge < -0.3 is 0 Å². The van der Waals surface area contributed by atoms with Crippen molar-refractivity contribution in [1.82, 2.24) is 0 Å². The summed E-state index contributed by atoms with van der Waals surface area (Å²) in [7, 11) is 0. The van der Waals surface area contributed by atoms with Crippen LogP contribution in [0.4, 0.5) is 0 Å². The minimum atomic E-state index is 0.183. The molecule has 0 fully saturated rings. The van der Waals surface area contributed by atoms with Gasteiger partial charge in [-0.05, 0) is 46.5 Å². The highest BCUT2D eigenvalue weighted by Gasteiger charge is 2.17. The van der Waals surface area contributed by atoms with E-state index in [1.54, 1.807) is 11.3 Å². The zero-order valence-electron chi connectivity index (χ0n) is 10.4. The number of thiophene rings is 1. The topological polar surface area (TPSA) is 0 Å². The zero-order chi connectivity index (χ0) is 13.4. The highest BCUT2D eigenvalue weighted by Crippen LogP contribution is 2.40. The monoisotopic (exact) mass is 350 g/mol. The van der Waals surface area contributed by atoms with Gasteiger partial charge in [-0.3, -0.25) is 0 Å². The third-order valence-electron chi connectivity index (χ3n) is 3.37. The molecule has 2 aromatic carbocycles. The number of hydrogen-bond donors (Lipinski definition) is 0. The molecular weight excluding hydrogens is 340 g/mol. The van der Waals surface area contributed by atoms with Crippen molar-refractivity contribution in [2.75, 3.05) is 0 Å². The van der Waals surface area contributed by atoms with Gasteiger partial charge in [-0.2, -0.15) is 0 Å². The average molecular weight is 352 g/mol. The molecule has 1 aromatic heterocycles. The lowest BCUT2D eigenvalue weighted by Gasteiger charge is -2.13. The molecule has 0 aliphatic carbocycles. The number of benzene rings is 2. The van der Waals surface area contributed by atoms with Crippen LogP contribution in [0.5, 0.6) is 0 Å². The molecule has 3 aromatic rings. The van der Waals surface area contributed by atoms with Crippen LogP contribution in [-0.4, -0.2) is 0 Å². The van der Waals surface area contributed by atoms with Crippen LogP contribution in [0.25, 0.3) is 10.1 Å². The maximum Gasteiger partial charge on any atom is 0.0661 e. The molecule has 0 saturated heterocycles. The van der Waals surface area contributed by atoms with Crippen molar-refractivity contribution < 1.29 is 0 Å². The molecule has 0 spiro atoms. The zero-order valence-corrected chi connectivity index (χ0v) is 13.5. The number of fused-ring (bicyclic) bond motifs is 1. The molecule has 1 heterocycles. The van der Waals surface area contributed by atoms with Crippen LogP contribution in [0, 0.1) is 6.92 Å². The van der Waals surface area contributed by atoms with E-state index in [9.17, 15) is 0 Å². The lowest BCUT2D eigenvalue weighted by molar-refractivity contribution is 1.17. The van der Waals surface area contributed by atoms with Crippen LogP contribution in [0.15, 0.2) is 47.8 Å². The van der Waals surface area contributed by atoms with Gasteiger partial charge in [0.1, 0.15) is 0 Å². The maximum atomic E-state index is 6.22. The van der Waals surface area contributed by atoms with Crippen molar-refractivity contribution >= 4 is 49.0 Å². The lowest BCUT2D eigenvalue weighted by Crippen LogP contribution is -1.95. The molecule has 3 rings (SSSR count). The van der Waals surface area contributed by atoms with E-state index in [2.05, 4.69) is 58.6 Å². The first-order valence-electron chi connectivity index (χ1n) is 6.03. The largest absolute Gasteiger partial charge is 0.143 e. The molecule has 1 atom stereocenters. The molecule has 0 aliphatic rings. The van der Waals surface area contributed by atoms with Crippen molar-refractivity contribution in [1.29, 1.82) is 0 Å². The molecule has 0 saturated carbocycles. The van der Waals surface area contributed by atoms with Gasteiger partial charge in [0.2, 0.25) is 0 Å². The highest BCUT2D eigenvalue weighted by molar-refractivity contribution is 9.09. The summed E-state index contributed by atoms with van der Waals surface area (Å²) in [4.78, 5) is 0.183. The molecule has 96 valence electrons. The van der Waals surface area contributed by atoms with E-state index in [0.717, 1.165) is 10.6 Å². The standard InChI is InChI=1S/C16H12BrClS/c1-10-11(6-4-7-14(10)18)16(17)13-9-19-15-8-3-2-5-12(13)15/h2-9,16H,1H3. The molecular formula is C16H12BrClS. The summed E-state index contributed by atoms with van der Waals surface area (Å²) in [6, 6.07) is 14.6. The Morgan fingerprint density at radius 2 is 1.84 bits per heavy atom. The van der Waals surface area contributed by atoms with Crippen LogP contribution in [0.2, 0.25) is 5.02 Å². The van der Waals surface area contributed by atoms with Crippen molar-refractivity contribution in [3.05, 3.63) is 69.6 Å². The van der Waals surface area contributed by atoms with Crippen LogP contribution in [-0.2, 0) is 0 Å². The minimum absolute atomic E-state index is 0.183. The number of rotatable bonds is 2. The second-order valence-corrected chi connectivity index (χ2v) is 6.74. The summed E-state index contributed by atoms with van der Waals surface area (Å²) >= 11 is 11.8. The predicted octanol–water partition coefficient (Wildman–Crippen LogP) is 6.35. The van der Waals surface area contributed by atoms with Crippen LogP contribution in [0.1, 0.15) is 21.5 Å². The van der Waals surface area contributed by atoms with E-state index < -0.39 is 0 Å². The van der Waals surface area contributed by atoms with Gasteiger partial charge >= 0.3 is 0 Å². The molecule has 0 nitrogen and oxygen atoms in total. The van der Waals surface area contributed by atoms with E-state index in [1.807, 2.05) is 12.1 Å². The van der Waals surface area contributed by atoms with Gasteiger partial charge in [-0.15, -0.1) is 11.3 Å². The fourth-order valence-corrected chi connectivity index (χ4v) is 4.48. The molecule has 19 heavy (non-hydrogen) atoms. The highest BCUT2D eigenvalue weighted by atomic mass is 79.9. The van der Waals surface area contributed by atoms with E-state index in [4.69, 9.17) is 11.6 Å². The van der Waals surface area contributed by atoms with Crippen molar-refractivity contribution in [3.63, 3.8) is 0 Å². The SMILES string of the molecule is Cc1c(Cl)cccc1C(Br)c1csc2ccccc12. The molecule has 0 bridgehead atoms. The Hall–Kier alpha value is -0.830. The van der Waals surface area contributed by atoms with Gasteiger partial charge in [-0.25, -0.2) is 0 Å². The predicted molar refractivity (Wildman–Crippen MR) is 88.8 cm³/mol. The first kappa shape index (κ1) is 13.2. The Morgan fingerprint density at radius 3 is 2.68 bits per heavy atom. The molecule has 3 heteroatoms. The fraction of sp³-hybridized carbons (Fsp3) is 0.125. The van der Waals surface area contributed by atoms with Crippen LogP contribution in [0.3, 0.4) is 0 Å².